The average molecular weight is 275 g/mol. The molecule has 2 N–H and O–H groups in total. The summed E-state index contributed by atoms with van der Waals surface area (Å²) in [5, 5.41) is 3.12. The SMILES string of the molecule is Cc1ncc(CC(=O)N[C@H]2CC[C@@H]3CCC[C@@H]32)c(=O)[nH]1. The highest BCUT2D eigenvalue weighted by Gasteiger charge is 2.39. The third-order valence-corrected chi connectivity index (χ3v) is 4.78. The van der Waals surface area contributed by atoms with Gasteiger partial charge in [-0.05, 0) is 38.0 Å². The van der Waals surface area contributed by atoms with Crippen molar-refractivity contribution in [2.75, 3.05) is 0 Å². The van der Waals surface area contributed by atoms with Crippen LogP contribution in [0.2, 0.25) is 0 Å². The Labute approximate surface area is 118 Å². The van der Waals surface area contributed by atoms with Gasteiger partial charge in [-0.2, -0.15) is 0 Å². The van der Waals surface area contributed by atoms with Crippen molar-refractivity contribution in [2.24, 2.45) is 11.8 Å². The van der Waals surface area contributed by atoms with Crippen LogP contribution >= 0.6 is 0 Å². The van der Waals surface area contributed by atoms with E-state index in [-0.39, 0.29) is 17.9 Å². The number of H-pyrrole nitrogens is 1. The number of rotatable bonds is 3. The molecule has 2 aliphatic rings. The van der Waals surface area contributed by atoms with Crippen molar-refractivity contribution in [2.45, 2.75) is 51.5 Å². The molecule has 0 bridgehead atoms. The number of nitrogens with zero attached hydrogens (tertiary/aromatic N) is 1. The lowest BCUT2D eigenvalue weighted by Gasteiger charge is -2.19. The maximum Gasteiger partial charge on any atom is 0.254 e. The summed E-state index contributed by atoms with van der Waals surface area (Å²) in [4.78, 5) is 30.5. The first-order valence-corrected chi connectivity index (χ1v) is 7.47. The fourth-order valence-electron chi connectivity index (χ4n) is 3.81. The van der Waals surface area contributed by atoms with Crippen molar-refractivity contribution in [3.63, 3.8) is 0 Å². The minimum atomic E-state index is -0.210. The molecule has 0 radical (unpaired) electrons. The zero-order valence-corrected chi connectivity index (χ0v) is 11.8. The molecule has 1 amide bonds. The average Bonchev–Trinajstić information content (AvgIpc) is 2.98. The minimum absolute atomic E-state index is 0.0568. The Morgan fingerprint density at radius 3 is 3.05 bits per heavy atom. The van der Waals surface area contributed by atoms with E-state index >= 15 is 0 Å². The predicted octanol–water partition coefficient (Wildman–Crippen LogP) is 1.32. The molecule has 2 aliphatic carbocycles. The van der Waals surface area contributed by atoms with Gasteiger partial charge in [0.25, 0.3) is 5.56 Å². The van der Waals surface area contributed by atoms with E-state index in [4.69, 9.17) is 0 Å². The summed E-state index contributed by atoms with van der Waals surface area (Å²) in [7, 11) is 0. The van der Waals surface area contributed by atoms with Crippen LogP contribution in [0.4, 0.5) is 0 Å². The van der Waals surface area contributed by atoms with E-state index in [0.29, 0.717) is 23.3 Å². The first-order valence-electron chi connectivity index (χ1n) is 7.47. The topological polar surface area (TPSA) is 74.8 Å². The zero-order valence-electron chi connectivity index (χ0n) is 11.8. The number of amides is 1. The molecule has 1 aromatic rings. The highest BCUT2D eigenvalue weighted by molar-refractivity contribution is 5.78. The maximum atomic E-state index is 12.1. The summed E-state index contributed by atoms with van der Waals surface area (Å²) in [6.45, 7) is 1.73. The smallest absolute Gasteiger partial charge is 0.254 e. The van der Waals surface area contributed by atoms with E-state index in [1.54, 1.807) is 6.92 Å². The van der Waals surface area contributed by atoms with Crippen molar-refractivity contribution in [1.29, 1.82) is 0 Å². The van der Waals surface area contributed by atoms with Crippen LogP contribution in [0.25, 0.3) is 0 Å². The van der Waals surface area contributed by atoms with Crippen LogP contribution < -0.4 is 10.9 Å². The molecule has 5 nitrogen and oxygen atoms in total. The first-order chi connectivity index (χ1) is 9.63. The zero-order chi connectivity index (χ0) is 14.1. The van der Waals surface area contributed by atoms with Crippen molar-refractivity contribution < 1.29 is 4.79 Å². The summed E-state index contributed by atoms with van der Waals surface area (Å²) in [5.74, 6) is 1.99. The summed E-state index contributed by atoms with van der Waals surface area (Å²) >= 11 is 0. The summed E-state index contributed by atoms with van der Waals surface area (Å²) in [5.41, 5.74) is 0.229. The van der Waals surface area contributed by atoms with E-state index < -0.39 is 0 Å². The Hall–Kier alpha value is -1.65. The summed E-state index contributed by atoms with van der Waals surface area (Å²) in [6.07, 6.45) is 7.80. The quantitative estimate of drug-likeness (QED) is 0.873. The second kappa shape index (κ2) is 5.38. The Bertz CT molecular complexity index is 566. The van der Waals surface area contributed by atoms with E-state index in [2.05, 4.69) is 15.3 Å². The van der Waals surface area contributed by atoms with Crippen LogP contribution in [0.1, 0.15) is 43.5 Å². The van der Waals surface area contributed by atoms with Crippen molar-refractivity contribution >= 4 is 5.91 Å². The molecule has 1 heterocycles. The number of hydrogen-bond donors (Lipinski definition) is 2. The third-order valence-electron chi connectivity index (χ3n) is 4.78. The van der Waals surface area contributed by atoms with Gasteiger partial charge in [-0.15, -0.1) is 0 Å². The fraction of sp³-hybridized carbons (Fsp3) is 0.667. The van der Waals surface area contributed by atoms with E-state index in [9.17, 15) is 9.59 Å². The second-order valence-corrected chi connectivity index (χ2v) is 6.11. The van der Waals surface area contributed by atoms with Crippen LogP contribution in [0.3, 0.4) is 0 Å². The Kier molecular flexibility index (Phi) is 3.59. The van der Waals surface area contributed by atoms with Gasteiger partial charge in [-0.3, -0.25) is 9.59 Å². The van der Waals surface area contributed by atoms with E-state index in [0.717, 1.165) is 12.3 Å². The minimum Gasteiger partial charge on any atom is -0.353 e. The summed E-state index contributed by atoms with van der Waals surface area (Å²) in [6, 6.07) is 0.312. The normalized spacial score (nSPS) is 28.4. The molecular weight excluding hydrogens is 254 g/mol. The Morgan fingerprint density at radius 2 is 2.25 bits per heavy atom. The van der Waals surface area contributed by atoms with Gasteiger partial charge in [0, 0.05) is 17.8 Å². The fourth-order valence-corrected chi connectivity index (χ4v) is 3.81. The number of fused-ring (bicyclic) bond motifs is 1. The molecule has 20 heavy (non-hydrogen) atoms. The van der Waals surface area contributed by atoms with Gasteiger partial charge in [-0.25, -0.2) is 4.98 Å². The highest BCUT2D eigenvalue weighted by Crippen LogP contribution is 2.43. The van der Waals surface area contributed by atoms with E-state index in [1.165, 1.54) is 31.9 Å². The van der Waals surface area contributed by atoms with Crippen LogP contribution in [-0.4, -0.2) is 21.9 Å². The maximum absolute atomic E-state index is 12.1. The molecular formula is C15H21N3O2. The van der Waals surface area contributed by atoms with Gasteiger partial charge in [0.15, 0.2) is 0 Å². The van der Waals surface area contributed by atoms with Crippen molar-refractivity contribution in [3.8, 4) is 0 Å². The molecule has 0 aliphatic heterocycles. The molecule has 0 aromatic carbocycles. The molecule has 108 valence electrons. The molecule has 0 unspecified atom stereocenters. The molecule has 3 rings (SSSR count). The number of hydrogen-bond acceptors (Lipinski definition) is 3. The van der Waals surface area contributed by atoms with Gasteiger partial charge in [0.05, 0.1) is 6.42 Å². The van der Waals surface area contributed by atoms with Crippen LogP contribution in [0, 0.1) is 18.8 Å². The lowest BCUT2D eigenvalue weighted by Crippen LogP contribution is -2.39. The number of carbonyl (C=O) groups excluding carboxylic acids is 1. The Balaban J connectivity index is 1.61. The van der Waals surface area contributed by atoms with Gasteiger partial charge in [-0.1, -0.05) is 12.8 Å². The van der Waals surface area contributed by atoms with Gasteiger partial charge in [0.1, 0.15) is 5.82 Å². The van der Waals surface area contributed by atoms with Crippen LogP contribution in [0.5, 0.6) is 0 Å². The van der Waals surface area contributed by atoms with E-state index in [1.807, 2.05) is 0 Å². The highest BCUT2D eigenvalue weighted by atomic mass is 16.2. The predicted molar refractivity (Wildman–Crippen MR) is 75.3 cm³/mol. The van der Waals surface area contributed by atoms with Crippen LogP contribution in [-0.2, 0) is 11.2 Å². The van der Waals surface area contributed by atoms with Gasteiger partial charge < -0.3 is 10.3 Å². The number of aromatic amines is 1. The first kappa shape index (κ1) is 13.3. The molecule has 0 spiro atoms. The van der Waals surface area contributed by atoms with Crippen molar-refractivity contribution in [3.05, 3.63) is 27.9 Å². The standard InChI is InChI=1S/C15H21N3O2/c1-9-16-8-11(15(20)17-9)7-14(19)18-13-6-5-10-3-2-4-12(10)13/h8,10,12-13H,2-7H2,1H3,(H,18,19)(H,16,17,20)/t10-,12-,13-/m0/s1. The number of aromatic nitrogens is 2. The summed E-state index contributed by atoms with van der Waals surface area (Å²) < 4.78 is 0. The molecule has 5 heteroatoms. The molecule has 0 saturated heterocycles. The molecule has 1 aromatic heterocycles. The van der Waals surface area contributed by atoms with Crippen LogP contribution in [0.15, 0.2) is 11.0 Å². The largest absolute Gasteiger partial charge is 0.353 e. The number of carbonyl (C=O) groups is 1. The molecule has 2 saturated carbocycles. The monoisotopic (exact) mass is 275 g/mol. The number of aryl methyl sites for hydroxylation is 1. The lowest BCUT2D eigenvalue weighted by atomic mass is 9.97. The third kappa shape index (κ3) is 2.62. The molecule has 3 atom stereocenters. The Morgan fingerprint density at radius 1 is 1.40 bits per heavy atom. The second-order valence-electron chi connectivity index (χ2n) is 6.11. The lowest BCUT2D eigenvalue weighted by molar-refractivity contribution is -0.121. The molecule has 2 fully saturated rings. The number of nitrogens with one attached hydrogen (secondary N) is 2. The van der Waals surface area contributed by atoms with Crippen molar-refractivity contribution in [1.82, 2.24) is 15.3 Å². The van der Waals surface area contributed by atoms with Gasteiger partial charge >= 0.3 is 0 Å². The van der Waals surface area contributed by atoms with Gasteiger partial charge in [0.2, 0.25) is 5.91 Å².